The van der Waals surface area contributed by atoms with Gasteiger partial charge >= 0.3 is 0 Å². The zero-order valence-corrected chi connectivity index (χ0v) is 12.7. The molecule has 0 heterocycles. The molecule has 1 N–H and O–H groups in total. The monoisotopic (exact) mass is 313 g/mol. The van der Waals surface area contributed by atoms with E-state index >= 15 is 0 Å². The summed E-state index contributed by atoms with van der Waals surface area (Å²) in [6, 6.07) is 7.35. The smallest absolute Gasteiger partial charge is 0.251 e. The Balaban J connectivity index is 2.56. The Morgan fingerprint density at radius 2 is 1.94 bits per heavy atom. The van der Waals surface area contributed by atoms with Crippen molar-refractivity contribution >= 4 is 21.8 Å². The maximum Gasteiger partial charge on any atom is 0.251 e. The predicted molar refractivity (Wildman–Crippen MR) is 77.5 cm³/mol. The van der Waals surface area contributed by atoms with Gasteiger partial charge in [-0.15, -0.1) is 0 Å². The van der Waals surface area contributed by atoms with Crippen molar-refractivity contribution < 1.29 is 9.53 Å². The van der Waals surface area contributed by atoms with Crippen molar-refractivity contribution in [2.75, 3.05) is 6.61 Å². The molecular weight excluding hydrogens is 294 g/mol. The van der Waals surface area contributed by atoms with Gasteiger partial charge in [-0.1, -0.05) is 22.9 Å². The quantitative estimate of drug-likeness (QED) is 0.818. The van der Waals surface area contributed by atoms with Gasteiger partial charge in [-0.2, -0.15) is 0 Å². The van der Waals surface area contributed by atoms with Gasteiger partial charge in [0.05, 0.1) is 6.61 Å². The zero-order valence-electron chi connectivity index (χ0n) is 11.1. The number of benzene rings is 1. The molecule has 0 radical (unpaired) electrons. The number of amides is 1. The molecular formula is C14H20BrNO2. The first-order valence-electron chi connectivity index (χ1n) is 6.20. The SMILES string of the molecule is CCOc1ccc(C(=O)NC(C)CC(C)Br)cc1. The molecule has 0 aromatic heterocycles. The number of halogens is 1. The molecule has 100 valence electrons. The Hall–Kier alpha value is -1.03. The molecule has 0 bridgehead atoms. The Kier molecular flexibility index (Phi) is 6.19. The lowest BCUT2D eigenvalue weighted by Gasteiger charge is -2.15. The molecule has 3 nitrogen and oxygen atoms in total. The van der Waals surface area contributed by atoms with E-state index in [1.54, 1.807) is 12.1 Å². The van der Waals surface area contributed by atoms with Crippen LogP contribution < -0.4 is 10.1 Å². The molecule has 1 rings (SSSR count). The number of carbonyl (C=O) groups is 1. The maximum atomic E-state index is 11.9. The second-order valence-corrected chi connectivity index (χ2v) is 5.91. The van der Waals surface area contributed by atoms with E-state index < -0.39 is 0 Å². The van der Waals surface area contributed by atoms with E-state index in [0.717, 1.165) is 12.2 Å². The zero-order chi connectivity index (χ0) is 13.5. The Labute approximate surface area is 117 Å². The molecule has 18 heavy (non-hydrogen) atoms. The molecule has 0 fully saturated rings. The van der Waals surface area contributed by atoms with E-state index in [9.17, 15) is 4.79 Å². The summed E-state index contributed by atoms with van der Waals surface area (Å²) in [6.07, 6.45) is 0.906. The third-order valence-electron chi connectivity index (χ3n) is 2.48. The molecule has 0 saturated heterocycles. The third-order valence-corrected chi connectivity index (χ3v) is 2.86. The van der Waals surface area contributed by atoms with Gasteiger partial charge in [0.25, 0.3) is 5.91 Å². The van der Waals surface area contributed by atoms with Crippen molar-refractivity contribution in [1.29, 1.82) is 0 Å². The molecule has 1 aromatic carbocycles. The molecule has 1 aromatic rings. The van der Waals surface area contributed by atoms with Crippen LogP contribution in [0.5, 0.6) is 5.75 Å². The summed E-state index contributed by atoms with van der Waals surface area (Å²) < 4.78 is 5.34. The molecule has 0 aliphatic rings. The highest BCUT2D eigenvalue weighted by atomic mass is 79.9. The fraction of sp³-hybridized carbons (Fsp3) is 0.500. The molecule has 0 aliphatic heterocycles. The predicted octanol–water partition coefficient (Wildman–Crippen LogP) is 3.38. The minimum absolute atomic E-state index is 0.0429. The largest absolute Gasteiger partial charge is 0.494 e. The summed E-state index contributed by atoms with van der Waals surface area (Å²) in [5, 5.41) is 2.97. The van der Waals surface area contributed by atoms with Crippen LogP contribution in [0.3, 0.4) is 0 Å². The normalized spacial score (nSPS) is 13.8. The molecule has 0 aliphatic carbocycles. The van der Waals surface area contributed by atoms with Crippen molar-refractivity contribution in [3.8, 4) is 5.75 Å². The molecule has 0 saturated carbocycles. The number of hydrogen-bond acceptors (Lipinski definition) is 2. The van der Waals surface area contributed by atoms with Crippen LogP contribution in [0.25, 0.3) is 0 Å². The fourth-order valence-corrected chi connectivity index (χ4v) is 2.28. The van der Waals surface area contributed by atoms with Crippen LogP contribution in [-0.4, -0.2) is 23.4 Å². The summed E-state index contributed by atoms with van der Waals surface area (Å²) in [4.78, 5) is 12.3. The second-order valence-electron chi connectivity index (χ2n) is 4.35. The van der Waals surface area contributed by atoms with Crippen molar-refractivity contribution in [3.05, 3.63) is 29.8 Å². The van der Waals surface area contributed by atoms with Gasteiger partial charge in [-0.25, -0.2) is 0 Å². The minimum Gasteiger partial charge on any atom is -0.494 e. The van der Waals surface area contributed by atoms with E-state index in [-0.39, 0.29) is 11.9 Å². The summed E-state index contributed by atoms with van der Waals surface area (Å²) in [5.74, 6) is 0.745. The standard InChI is InChI=1S/C14H20BrNO2/c1-4-18-13-7-5-12(6-8-13)14(17)16-11(3)9-10(2)15/h5-8,10-11H,4,9H2,1-3H3,(H,16,17). The Bertz CT molecular complexity index is 376. The van der Waals surface area contributed by atoms with E-state index in [2.05, 4.69) is 28.2 Å². The highest BCUT2D eigenvalue weighted by Gasteiger charge is 2.11. The lowest BCUT2D eigenvalue weighted by Crippen LogP contribution is -2.33. The minimum atomic E-state index is -0.0429. The van der Waals surface area contributed by atoms with E-state index in [0.29, 0.717) is 17.0 Å². The van der Waals surface area contributed by atoms with Crippen molar-refractivity contribution in [1.82, 2.24) is 5.32 Å². The maximum absolute atomic E-state index is 11.9. The highest BCUT2D eigenvalue weighted by Crippen LogP contribution is 2.13. The van der Waals surface area contributed by atoms with Crippen molar-refractivity contribution in [2.45, 2.75) is 38.1 Å². The molecule has 4 heteroatoms. The first kappa shape index (κ1) is 15.0. The Morgan fingerprint density at radius 1 is 1.33 bits per heavy atom. The number of alkyl halides is 1. The lowest BCUT2D eigenvalue weighted by atomic mass is 10.1. The number of nitrogens with one attached hydrogen (secondary N) is 1. The third kappa shape index (κ3) is 5.08. The number of rotatable bonds is 6. The molecule has 1 amide bonds. The van der Waals surface area contributed by atoms with Gasteiger partial charge in [0.2, 0.25) is 0 Å². The molecule has 0 spiro atoms. The summed E-state index contributed by atoms with van der Waals surface area (Å²) in [7, 11) is 0. The van der Waals surface area contributed by atoms with Gasteiger partial charge < -0.3 is 10.1 Å². The average molecular weight is 314 g/mol. The van der Waals surface area contributed by atoms with Gasteiger partial charge in [0, 0.05) is 16.4 Å². The second kappa shape index (κ2) is 7.41. The van der Waals surface area contributed by atoms with Crippen LogP contribution in [-0.2, 0) is 0 Å². The van der Waals surface area contributed by atoms with Crippen LogP contribution in [0, 0.1) is 0 Å². The lowest BCUT2D eigenvalue weighted by molar-refractivity contribution is 0.0938. The van der Waals surface area contributed by atoms with Gasteiger partial charge in [-0.3, -0.25) is 4.79 Å². The first-order chi connectivity index (χ1) is 8.52. The summed E-state index contributed by atoms with van der Waals surface area (Å²) >= 11 is 3.48. The van der Waals surface area contributed by atoms with Crippen LogP contribution in [0.4, 0.5) is 0 Å². The molecule has 2 atom stereocenters. The van der Waals surface area contributed by atoms with Crippen molar-refractivity contribution in [2.24, 2.45) is 0 Å². The van der Waals surface area contributed by atoms with E-state index in [1.165, 1.54) is 0 Å². The van der Waals surface area contributed by atoms with Gasteiger partial charge in [0.1, 0.15) is 5.75 Å². The van der Waals surface area contributed by atoms with E-state index in [1.807, 2.05) is 26.0 Å². The molecule has 2 unspecified atom stereocenters. The topological polar surface area (TPSA) is 38.3 Å². The highest BCUT2D eigenvalue weighted by molar-refractivity contribution is 9.09. The van der Waals surface area contributed by atoms with E-state index in [4.69, 9.17) is 4.74 Å². The van der Waals surface area contributed by atoms with Crippen LogP contribution >= 0.6 is 15.9 Å². The summed E-state index contributed by atoms with van der Waals surface area (Å²) in [5.41, 5.74) is 0.660. The first-order valence-corrected chi connectivity index (χ1v) is 7.12. The van der Waals surface area contributed by atoms with Crippen molar-refractivity contribution in [3.63, 3.8) is 0 Å². The van der Waals surface area contributed by atoms with Gasteiger partial charge in [-0.05, 0) is 44.5 Å². The van der Waals surface area contributed by atoms with Gasteiger partial charge in [0.15, 0.2) is 0 Å². The number of ether oxygens (including phenoxy) is 1. The average Bonchev–Trinajstić information content (AvgIpc) is 2.29. The van der Waals surface area contributed by atoms with Crippen LogP contribution in [0.15, 0.2) is 24.3 Å². The number of hydrogen-bond donors (Lipinski definition) is 1. The number of carbonyl (C=O) groups excluding carboxylic acids is 1. The van der Waals surface area contributed by atoms with Crippen LogP contribution in [0.1, 0.15) is 37.6 Å². The Morgan fingerprint density at radius 3 is 2.44 bits per heavy atom. The fourth-order valence-electron chi connectivity index (χ4n) is 1.72. The summed E-state index contributed by atoms with van der Waals surface area (Å²) in [6.45, 7) is 6.64. The van der Waals surface area contributed by atoms with Crippen LogP contribution in [0.2, 0.25) is 0 Å².